The molecule has 0 bridgehead atoms. The second-order valence-corrected chi connectivity index (χ2v) is 4.58. The first kappa shape index (κ1) is 13.5. The molecule has 5 heteroatoms. The minimum absolute atomic E-state index is 0.00552. The van der Waals surface area contributed by atoms with E-state index >= 15 is 0 Å². The molecule has 0 radical (unpaired) electrons. The Balaban J connectivity index is 1.93. The Morgan fingerprint density at radius 1 is 1.26 bits per heavy atom. The molecular weight excluding hydrogens is 244 g/mol. The fraction of sp³-hybridized carbons (Fsp3) is 0.429. The molecule has 0 aromatic heterocycles. The topological polar surface area (TPSA) is 69.6 Å². The van der Waals surface area contributed by atoms with Crippen molar-refractivity contribution in [3.8, 4) is 0 Å². The standard InChI is InChI=1S/C14H18N2O3/c17-9-3-7-15-13(18)14(19)16-8-6-11-4-1-2-5-12(11)10-16/h1-2,4-5,17H,3,6-10H2,(H,15,18). The maximum Gasteiger partial charge on any atom is 0.312 e. The quantitative estimate of drug-likeness (QED) is 0.598. The molecule has 2 rings (SSSR count). The Morgan fingerprint density at radius 2 is 2.00 bits per heavy atom. The predicted octanol–water partition coefficient (Wildman–Crippen LogP) is 0.0699. The van der Waals surface area contributed by atoms with Crippen LogP contribution in [-0.4, -0.2) is 41.5 Å². The first-order valence-corrected chi connectivity index (χ1v) is 6.47. The third kappa shape index (κ3) is 3.32. The van der Waals surface area contributed by atoms with Crippen LogP contribution in [0.3, 0.4) is 0 Å². The largest absolute Gasteiger partial charge is 0.396 e. The van der Waals surface area contributed by atoms with Crippen molar-refractivity contribution in [2.45, 2.75) is 19.4 Å². The number of benzene rings is 1. The van der Waals surface area contributed by atoms with Gasteiger partial charge in [-0.3, -0.25) is 9.59 Å². The summed E-state index contributed by atoms with van der Waals surface area (Å²) in [6.45, 7) is 1.39. The van der Waals surface area contributed by atoms with Crippen molar-refractivity contribution in [1.29, 1.82) is 0 Å². The van der Waals surface area contributed by atoms with Gasteiger partial charge in [-0.1, -0.05) is 24.3 Å². The van der Waals surface area contributed by atoms with Crippen LogP contribution >= 0.6 is 0 Å². The second kappa shape index (κ2) is 6.33. The molecule has 1 aliphatic heterocycles. The van der Waals surface area contributed by atoms with Crippen LogP contribution in [0.25, 0.3) is 0 Å². The number of carbonyl (C=O) groups excluding carboxylic acids is 2. The summed E-state index contributed by atoms with van der Waals surface area (Å²) in [6, 6.07) is 7.96. The van der Waals surface area contributed by atoms with Gasteiger partial charge in [0.25, 0.3) is 0 Å². The lowest BCUT2D eigenvalue weighted by atomic mass is 10.00. The summed E-state index contributed by atoms with van der Waals surface area (Å²) in [5.74, 6) is -1.08. The van der Waals surface area contributed by atoms with Gasteiger partial charge in [-0.15, -0.1) is 0 Å². The number of aliphatic hydroxyl groups is 1. The smallest absolute Gasteiger partial charge is 0.312 e. The third-order valence-electron chi connectivity index (χ3n) is 3.23. The van der Waals surface area contributed by atoms with E-state index in [1.165, 1.54) is 5.56 Å². The molecule has 1 heterocycles. The Hall–Kier alpha value is -1.88. The van der Waals surface area contributed by atoms with Crippen LogP contribution in [0.1, 0.15) is 17.5 Å². The summed E-state index contributed by atoms with van der Waals surface area (Å²) in [7, 11) is 0. The summed E-state index contributed by atoms with van der Waals surface area (Å²) in [6.07, 6.45) is 1.24. The van der Waals surface area contributed by atoms with Gasteiger partial charge >= 0.3 is 11.8 Å². The molecule has 1 aromatic carbocycles. The molecule has 0 saturated carbocycles. The van der Waals surface area contributed by atoms with Crippen LogP contribution in [0.15, 0.2) is 24.3 Å². The SMILES string of the molecule is O=C(NCCCO)C(=O)N1CCc2ccccc2C1. The highest BCUT2D eigenvalue weighted by Gasteiger charge is 2.25. The maximum atomic E-state index is 12.0. The van der Waals surface area contributed by atoms with Crippen LogP contribution in [0.4, 0.5) is 0 Å². The van der Waals surface area contributed by atoms with Gasteiger partial charge in [0.05, 0.1) is 0 Å². The minimum Gasteiger partial charge on any atom is -0.396 e. The first-order chi connectivity index (χ1) is 9.22. The van der Waals surface area contributed by atoms with E-state index in [-0.39, 0.29) is 6.61 Å². The van der Waals surface area contributed by atoms with Gasteiger partial charge in [0.1, 0.15) is 0 Å². The van der Waals surface area contributed by atoms with Gasteiger partial charge in [0, 0.05) is 26.2 Å². The zero-order valence-corrected chi connectivity index (χ0v) is 10.8. The van der Waals surface area contributed by atoms with Crippen LogP contribution < -0.4 is 5.32 Å². The van der Waals surface area contributed by atoms with E-state index in [2.05, 4.69) is 11.4 Å². The summed E-state index contributed by atoms with van der Waals surface area (Å²) >= 11 is 0. The van der Waals surface area contributed by atoms with Crippen molar-refractivity contribution >= 4 is 11.8 Å². The Bertz CT molecular complexity index is 474. The van der Waals surface area contributed by atoms with Crippen LogP contribution in [-0.2, 0) is 22.6 Å². The van der Waals surface area contributed by atoms with Gasteiger partial charge in [0.2, 0.25) is 0 Å². The van der Waals surface area contributed by atoms with E-state index in [4.69, 9.17) is 5.11 Å². The summed E-state index contributed by atoms with van der Waals surface area (Å²) in [5.41, 5.74) is 2.34. The number of hydrogen-bond donors (Lipinski definition) is 2. The van der Waals surface area contributed by atoms with Gasteiger partial charge in [-0.05, 0) is 24.0 Å². The molecule has 0 saturated heterocycles. The molecule has 0 fully saturated rings. The van der Waals surface area contributed by atoms with Crippen molar-refractivity contribution in [3.05, 3.63) is 35.4 Å². The molecular formula is C14H18N2O3. The van der Waals surface area contributed by atoms with Crippen molar-refractivity contribution in [2.24, 2.45) is 0 Å². The Morgan fingerprint density at radius 3 is 2.74 bits per heavy atom. The predicted molar refractivity (Wildman–Crippen MR) is 70.3 cm³/mol. The lowest BCUT2D eigenvalue weighted by Gasteiger charge is -2.28. The number of fused-ring (bicyclic) bond motifs is 1. The molecule has 0 atom stereocenters. The highest BCUT2D eigenvalue weighted by molar-refractivity contribution is 6.35. The number of amides is 2. The lowest BCUT2D eigenvalue weighted by molar-refractivity contribution is -0.146. The van der Waals surface area contributed by atoms with Crippen molar-refractivity contribution in [3.63, 3.8) is 0 Å². The van der Waals surface area contributed by atoms with E-state index in [1.807, 2.05) is 18.2 Å². The average molecular weight is 262 g/mol. The highest BCUT2D eigenvalue weighted by Crippen LogP contribution is 2.18. The van der Waals surface area contributed by atoms with E-state index < -0.39 is 11.8 Å². The second-order valence-electron chi connectivity index (χ2n) is 4.58. The van der Waals surface area contributed by atoms with Crippen molar-refractivity contribution in [2.75, 3.05) is 19.7 Å². The van der Waals surface area contributed by atoms with Crippen molar-refractivity contribution < 1.29 is 14.7 Å². The maximum absolute atomic E-state index is 12.0. The fourth-order valence-electron chi connectivity index (χ4n) is 2.17. The normalized spacial score (nSPS) is 13.8. The first-order valence-electron chi connectivity index (χ1n) is 6.47. The van der Waals surface area contributed by atoms with E-state index in [1.54, 1.807) is 4.90 Å². The molecule has 2 N–H and O–H groups in total. The molecule has 0 spiro atoms. The zero-order chi connectivity index (χ0) is 13.7. The molecule has 2 amide bonds. The summed E-state index contributed by atoms with van der Waals surface area (Å²) in [4.78, 5) is 25.2. The Labute approximate surface area is 112 Å². The number of nitrogens with zero attached hydrogens (tertiary/aromatic N) is 1. The molecule has 0 aliphatic carbocycles. The number of nitrogens with one attached hydrogen (secondary N) is 1. The van der Waals surface area contributed by atoms with Gasteiger partial charge in [-0.2, -0.15) is 0 Å². The van der Waals surface area contributed by atoms with Gasteiger partial charge in [-0.25, -0.2) is 0 Å². The molecule has 1 aromatic rings. The zero-order valence-electron chi connectivity index (χ0n) is 10.8. The Kier molecular flexibility index (Phi) is 4.52. The highest BCUT2D eigenvalue weighted by atomic mass is 16.3. The third-order valence-corrected chi connectivity index (χ3v) is 3.23. The molecule has 0 unspecified atom stereocenters. The van der Waals surface area contributed by atoms with Crippen LogP contribution in [0, 0.1) is 0 Å². The van der Waals surface area contributed by atoms with E-state index in [0.29, 0.717) is 26.1 Å². The number of carbonyl (C=O) groups is 2. The van der Waals surface area contributed by atoms with Crippen LogP contribution in [0.5, 0.6) is 0 Å². The molecule has 19 heavy (non-hydrogen) atoms. The average Bonchev–Trinajstić information content (AvgIpc) is 2.46. The van der Waals surface area contributed by atoms with Crippen molar-refractivity contribution in [1.82, 2.24) is 10.2 Å². The van der Waals surface area contributed by atoms with E-state index in [9.17, 15) is 9.59 Å². The molecule has 102 valence electrons. The number of aliphatic hydroxyl groups excluding tert-OH is 1. The van der Waals surface area contributed by atoms with Gasteiger partial charge in [0.15, 0.2) is 0 Å². The monoisotopic (exact) mass is 262 g/mol. The number of rotatable bonds is 3. The summed E-state index contributed by atoms with van der Waals surface area (Å²) < 4.78 is 0. The molecule has 5 nitrogen and oxygen atoms in total. The minimum atomic E-state index is -0.590. The van der Waals surface area contributed by atoms with Gasteiger partial charge < -0.3 is 15.3 Å². The fourth-order valence-corrected chi connectivity index (χ4v) is 2.17. The summed E-state index contributed by atoms with van der Waals surface area (Å²) in [5, 5.41) is 11.1. The van der Waals surface area contributed by atoms with Crippen LogP contribution in [0.2, 0.25) is 0 Å². The number of hydrogen-bond acceptors (Lipinski definition) is 3. The molecule has 1 aliphatic rings. The lowest BCUT2D eigenvalue weighted by Crippen LogP contribution is -2.45. The van der Waals surface area contributed by atoms with E-state index in [0.717, 1.165) is 12.0 Å².